The summed E-state index contributed by atoms with van der Waals surface area (Å²) in [5.41, 5.74) is 0.784. The third kappa shape index (κ3) is 4.95. The Kier molecular flexibility index (Phi) is 6.01. The minimum Gasteiger partial charge on any atom is -0.491 e. The summed E-state index contributed by atoms with van der Waals surface area (Å²) in [6.45, 7) is 3.87. The number of likely N-dealkylation sites (N-methyl/N-ethyl adjacent to an activating group) is 1. The van der Waals surface area contributed by atoms with Gasteiger partial charge in [0, 0.05) is 14.1 Å². The van der Waals surface area contributed by atoms with Crippen LogP contribution in [0.5, 0.6) is 5.75 Å². The van der Waals surface area contributed by atoms with Gasteiger partial charge >= 0.3 is 12.0 Å². The molecule has 1 aromatic rings. The molecule has 0 saturated carbocycles. The topological polar surface area (TPSA) is 76.1 Å². The number of benzene rings is 1. The van der Waals surface area contributed by atoms with Crippen molar-refractivity contribution in [2.24, 2.45) is 0 Å². The van der Waals surface area contributed by atoms with Crippen molar-refractivity contribution in [1.82, 2.24) is 9.80 Å². The van der Waals surface area contributed by atoms with Gasteiger partial charge in [-0.05, 0) is 31.5 Å². The molecule has 7 nitrogen and oxygen atoms in total. The summed E-state index contributed by atoms with van der Waals surface area (Å²) < 4.78 is 10.9. The van der Waals surface area contributed by atoms with Crippen LogP contribution in [0.1, 0.15) is 25.8 Å². The summed E-state index contributed by atoms with van der Waals surface area (Å²) in [5, 5.41) is 0. The maximum Gasteiger partial charge on any atom is 0.326 e. The summed E-state index contributed by atoms with van der Waals surface area (Å²) in [5.74, 6) is 0.0168. The van der Waals surface area contributed by atoms with Crippen molar-refractivity contribution in [2.75, 3.05) is 20.7 Å². The Morgan fingerprint density at radius 1 is 1.28 bits per heavy atom. The Balaban J connectivity index is 1.88. The Labute approximate surface area is 147 Å². The highest BCUT2D eigenvalue weighted by atomic mass is 16.5. The fourth-order valence-electron chi connectivity index (χ4n) is 2.55. The summed E-state index contributed by atoms with van der Waals surface area (Å²) in [7, 11) is 3.03. The van der Waals surface area contributed by atoms with Crippen molar-refractivity contribution in [2.45, 2.75) is 38.8 Å². The van der Waals surface area contributed by atoms with Crippen molar-refractivity contribution < 1.29 is 23.9 Å². The predicted molar refractivity (Wildman–Crippen MR) is 91.2 cm³/mol. The highest BCUT2D eigenvalue weighted by Gasteiger charge is 2.34. The monoisotopic (exact) mass is 348 g/mol. The molecule has 3 amide bonds. The number of carbonyl (C=O) groups excluding carboxylic acids is 3. The number of rotatable bonds is 6. The third-order valence-electron chi connectivity index (χ3n) is 3.98. The second-order valence-corrected chi connectivity index (χ2v) is 6.38. The predicted octanol–water partition coefficient (Wildman–Crippen LogP) is 1.84. The van der Waals surface area contributed by atoms with Crippen molar-refractivity contribution in [3.05, 3.63) is 29.8 Å². The van der Waals surface area contributed by atoms with Gasteiger partial charge in [0.1, 0.15) is 12.4 Å². The molecule has 1 heterocycles. The molecular weight excluding hydrogens is 324 g/mol. The first kappa shape index (κ1) is 18.8. The molecule has 2 rings (SSSR count). The summed E-state index contributed by atoms with van der Waals surface area (Å²) in [4.78, 5) is 38.2. The highest BCUT2D eigenvalue weighted by Crippen LogP contribution is 2.17. The molecule has 0 bridgehead atoms. The SMILES string of the molecule is CC(C)Oc1cccc(CC(=O)OCC2CC(=O)N(C)C(=O)N2C)c1. The average molecular weight is 348 g/mol. The Hall–Kier alpha value is -2.57. The van der Waals surface area contributed by atoms with Crippen LogP contribution in [0.2, 0.25) is 0 Å². The molecule has 0 aliphatic carbocycles. The molecule has 1 fully saturated rings. The van der Waals surface area contributed by atoms with Crippen molar-refractivity contribution in [3.63, 3.8) is 0 Å². The number of hydrogen-bond donors (Lipinski definition) is 0. The molecular formula is C18H24N2O5. The van der Waals surface area contributed by atoms with Gasteiger partial charge in [-0.1, -0.05) is 12.1 Å². The maximum atomic E-state index is 12.1. The Morgan fingerprint density at radius 3 is 2.68 bits per heavy atom. The van der Waals surface area contributed by atoms with Crippen LogP contribution < -0.4 is 4.74 Å². The van der Waals surface area contributed by atoms with E-state index in [0.29, 0.717) is 5.75 Å². The largest absolute Gasteiger partial charge is 0.491 e. The van der Waals surface area contributed by atoms with Crippen LogP contribution in [0.4, 0.5) is 4.79 Å². The lowest BCUT2D eigenvalue weighted by Crippen LogP contribution is -2.55. The second kappa shape index (κ2) is 8.00. The number of amides is 3. The van der Waals surface area contributed by atoms with Crippen LogP contribution in [0.15, 0.2) is 24.3 Å². The lowest BCUT2D eigenvalue weighted by Gasteiger charge is -2.35. The molecule has 1 unspecified atom stereocenters. The lowest BCUT2D eigenvalue weighted by molar-refractivity contribution is -0.146. The maximum absolute atomic E-state index is 12.1. The average Bonchev–Trinajstić information content (AvgIpc) is 2.54. The highest BCUT2D eigenvalue weighted by molar-refractivity contribution is 5.96. The van der Waals surface area contributed by atoms with E-state index in [1.807, 2.05) is 32.0 Å². The zero-order valence-electron chi connectivity index (χ0n) is 15.0. The second-order valence-electron chi connectivity index (χ2n) is 6.38. The quantitative estimate of drug-likeness (QED) is 0.733. The first-order valence-corrected chi connectivity index (χ1v) is 8.22. The summed E-state index contributed by atoms with van der Waals surface area (Å²) in [6, 6.07) is 6.45. The molecule has 25 heavy (non-hydrogen) atoms. The molecule has 1 aliphatic rings. The van der Waals surface area contributed by atoms with Crippen molar-refractivity contribution in [1.29, 1.82) is 0 Å². The van der Waals surface area contributed by atoms with Crippen LogP contribution in [-0.2, 0) is 20.7 Å². The fraction of sp³-hybridized carbons (Fsp3) is 0.500. The van der Waals surface area contributed by atoms with E-state index in [1.165, 1.54) is 11.9 Å². The van der Waals surface area contributed by atoms with Crippen LogP contribution in [-0.4, -0.2) is 60.6 Å². The fourth-order valence-corrected chi connectivity index (χ4v) is 2.55. The minimum atomic E-state index is -0.434. The molecule has 1 atom stereocenters. The number of imide groups is 1. The van der Waals surface area contributed by atoms with Gasteiger partial charge in [0.25, 0.3) is 0 Å². The van der Waals surface area contributed by atoms with E-state index in [0.717, 1.165) is 10.5 Å². The molecule has 0 spiro atoms. The molecule has 7 heteroatoms. The van der Waals surface area contributed by atoms with Gasteiger partial charge in [-0.25, -0.2) is 4.79 Å². The van der Waals surface area contributed by atoms with Gasteiger partial charge in [0.05, 0.1) is 25.0 Å². The third-order valence-corrected chi connectivity index (χ3v) is 3.98. The summed E-state index contributed by atoms with van der Waals surface area (Å²) in [6.07, 6.45) is 0.300. The van der Waals surface area contributed by atoms with E-state index in [2.05, 4.69) is 0 Å². The van der Waals surface area contributed by atoms with Gasteiger partial charge < -0.3 is 14.4 Å². The van der Waals surface area contributed by atoms with Crippen molar-refractivity contribution >= 4 is 17.9 Å². The number of hydrogen-bond acceptors (Lipinski definition) is 5. The minimum absolute atomic E-state index is 0.00282. The van der Waals surface area contributed by atoms with E-state index < -0.39 is 18.0 Å². The lowest BCUT2D eigenvalue weighted by atomic mass is 10.1. The number of esters is 1. The molecule has 1 aromatic carbocycles. The van der Waals surface area contributed by atoms with E-state index in [4.69, 9.17) is 9.47 Å². The van der Waals surface area contributed by atoms with Gasteiger partial charge in [-0.3, -0.25) is 14.5 Å². The van der Waals surface area contributed by atoms with Crippen LogP contribution in [0.3, 0.4) is 0 Å². The standard InChI is InChI=1S/C18H24N2O5/c1-12(2)25-15-7-5-6-13(8-15)9-17(22)24-11-14-10-16(21)20(4)18(23)19(14)3/h5-8,12,14H,9-11H2,1-4H3. The van der Waals surface area contributed by atoms with Crippen LogP contribution in [0.25, 0.3) is 0 Å². The molecule has 1 saturated heterocycles. The number of carbonyl (C=O) groups is 3. The molecule has 136 valence electrons. The Bertz CT molecular complexity index is 659. The van der Waals surface area contributed by atoms with Gasteiger partial charge in [0.15, 0.2) is 0 Å². The number of nitrogens with zero attached hydrogens (tertiary/aromatic N) is 2. The van der Waals surface area contributed by atoms with E-state index in [1.54, 1.807) is 13.1 Å². The first-order valence-electron chi connectivity index (χ1n) is 8.22. The zero-order chi connectivity index (χ0) is 18.6. The van der Waals surface area contributed by atoms with Crippen LogP contribution >= 0.6 is 0 Å². The molecule has 0 aromatic heterocycles. The van der Waals surface area contributed by atoms with E-state index >= 15 is 0 Å². The van der Waals surface area contributed by atoms with Gasteiger partial charge in [-0.15, -0.1) is 0 Å². The van der Waals surface area contributed by atoms with E-state index in [9.17, 15) is 14.4 Å². The number of ether oxygens (including phenoxy) is 2. The number of urea groups is 1. The van der Waals surface area contributed by atoms with Crippen LogP contribution in [0, 0.1) is 0 Å². The molecule has 1 aliphatic heterocycles. The normalized spacial score (nSPS) is 17.9. The van der Waals surface area contributed by atoms with Gasteiger partial charge in [0.2, 0.25) is 5.91 Å². The summed E-state index contributed by atoms with van der Waals surface area (Å²) >= 11 is 0. The van der Waals surface area contributed by atoms with Crippen molar-refractivity contribution in [3.8, 4) is 5.75 Å². The smallest absolute Gasteiger partial charge is 0.326 e. The molecule has 0 radical (unpaired) electrons. The van der Waals surface area contributed by atoms with E-state index in [-0.39, 0.29) is 31.5 Å². The first-order chi connectivity index (χ1) is 11.8. The zero-order valence-corrected chi connectivity index (χ0v) is 15.0. The Morgan fingerprint density at radius 2 is 2.00 bits per heavy atom. The van der Waals surface area contributed by atoms with Gasteiger partial charge in [-0.2, -0.15) is 0 Å². The molecule has 0 N–H and O–H groups in total.